The highest BCUT2D eigenvalue weighted by Gasteiger charge is 2.40. The molecule has 2 fully saturated rings. The minimum absolute atomic E-state index is 0.150. The average Bonchev–Trinajstić information content (AvgIpc) is 3.53. The molecule has 2 saturated heterocycles. The normalized spacial score (nSPS) is 24.3. The summed E-state index contributed by atoms with van der Waals surface area (Å²) in [6.45, 7) is 7.30. The number of H-pyrrole nitrogens is 1. The van der Waals surface area contributed by atoms with Gasteiger partial charge in [0.05, 0.1) is 6.54 Å². The predicted octanol–water partition coefficient (Wildman–Crippen LogP) is 5.72. The fraction of sp³-hybridized carbons (Fsp3) is 0.500. The van der Waals surface area contributed by atoms with E-state index in [1.165, 1.54) is 29.5 Å². The number of alkyl halides is 2. The Morgan fingerprint density at radius 2 is 1.83 bits per heavy atom. The van der Waals surface area contributed by atoms with Crippen LogP contribution in [0.4, 0.5) is 23.2 Å². The lowest BCUT2D eigenvalue weighted by molar-refractivity contribution is -0.0293. The molecule has 194 valence electrons. The number of aromatic amines is 1. The van der Waals surface area contributed by atoms with Crippen LogP contribution in [0.25, 0.3) is 10.9 Å². The van der Waals surface area contributed by atoms with Gasteiger partial charge in [-0.15, -0.1) is 0 Å². The van der Waals surface area contributed by atoms with Crippen molar-refractivity contribution in [3.63, 3.8) is 0 Å². The van der Waals surface area contributed by atoms with E-state index in [0.717, 1.165) is 63.2 Å². The predicted molar refractivity (Wildman–Crippen MR) is 136 cm³/mol. The molecule has 0 bridgehead atoms. The van der Waals surface area contributed by atoms with Crippen molar-refractivity contribution in [1.82, 2.24) is 15.2 Å². The number of fused-ring (bicyclic) bond motifs is 3. The fourth-order valence-corrected chi connectivity index (χ4v) is 6.00. The van der Waals surface area contributed by atoms with Gasteiger partial charge in [-0.25, -0.2) is 17.6 Å². The topological polar surface area (TPSA) is 34.3 Å². The minimum atomic E-state index is -2.64. The molecule has 3 aliphatic rings. The molecule has 4 nitrogen and oxygen atoms in total. The number of halogens is 4. The molecular formula is C28H34F4N4. The number of nitrogens with one attached hydrogen (secondary N) is 2. The van der Waals surface area contributed by atoms with Crippen LogP contribution in [0.3, 0.4) is 0 Å². The molecule has 1 spiro atoms. The molecule has 2 aromatic carbocycles. The van der Waals surface area contributed by atoms with E-state index >= 15 is 0 Å². The average molecular weight is 503 g/mol. The van der Waals surface area contributed by atoms with Gasteiger partial charge in [0.1, 0.15) is 11.6 Å². The Bertz CT molecular complexity index is 1190. The molecular weight excluding hydrogens is 468 g/mol. The molecule has 0 amide bonds. The monoisotopic (exact) mass is 502 g/mol. The SMILES string of the molecule is CC1Cc2c([nH]c3ccccc23)CN1CC(C)(F)F.Fc1cc(F)cc(N2CCC3(CCNC3)C2)c1. The van der Waals surface area contributed by atoms with Crippen LogP contribution in [-0.4, -0.2) is 54.6 Å². The molecule has 2 atom stereocenters. The summed E-state index contributed by atoms with van der Waals surface area (Å²) in [5.74, 6) is -3.63. The van der Waals surface area contributed by atoms with Crippen molar-refractivity contribution in [2.45, 2.75) is 51.6 Å². The van der Waals surface area contributed by atoms with Gasteiger partial charge in [-0.2, -0.15) is 0 Å². The first-order chi connectivity index (χ1) is 17.1. The summed E-state index contributed by atoms with van der Waals surface area (Å²) in [4.78, 5) is 7.32. The van der Waals surface area contributed by atoms with E-state index < -0.39 is 17.6 Å². The third-order valence-electron chi connectivity index (χ3n) is 7.85. The maximum atomic E-state index is 13.2. The van der Waals surface area contributed by atoms with Gasteiger partial charge in [0, 0.05) is 72.9 Å². The first kappa shape index (κ1) is 25.1. The number of rotatable bonds is 3. The largest absolute Gasteiger partial charge is 0.371 e. The molecule has 8 heteroatoms. The summed E-state index contributed by atoms with van der Waals surface area (Å²) >= 11 is 0. The first-order valence-corrected chi connectivity index (χ1v) is 12.7. The highest BCUT2D eigenvalue weighted by atomic mass is 19.3. The van der Waals surface area contributed by atoms with E-state index in [-0.39, 0.29) is 12.6 Å². The Kier molecular flexibility index (Phi) is 6.76. The Labute approximate surface area is 209 Å². The summed E-state index contributed by atoms with van der Waals surface area (Å²) in [5, 5.41) is 4.60. The summed E-state index contributed by atoms with van der Waals surface area (Å²) in [5.41, 5.74) is 4.47. The number of para-hydroxylation sites is 1. The Hall–Kier alpha value is -2.58. The minimum Gasteiger partial charge on any atom is -0.371 e. The van der Waals surface area contributed by atoms with Gasteiger partial charge in [-0.1, -0.05) is 18.2 Å². The third kappa shape index (κ3) is 5.39. The molecule has 4 heterocycles. The van der Waals surface area contributed by atoms with E-state index in [1.54, 1.807) is 0 Å². The Morgan fingerprint density at radius 1 is 1.08 bits per heavy atom. The molecule has 1 aromatic heterocycles. The highest BCUT2D eigenvalue weighted by molar-refractivity contribution is 5.84. The van der Waals surface area contributed by atoms with E-state index in [1.807, 2.05) is 30.0 Å². The summed E-state index contributed by atoms with van der Waals surface area (Å²) in [6.07, 6.45) is 3.11. The zero-order chi connectivity index (χ0) is 25.5. The molecule has 0 aliphatic carbocycles. The van der Waals surface area contributed by atoms with Crippen LogP contribution in [0.5, 0.6) is 0 Å². The van der Waals surface area contributed by atoms with Crippen LogP contribution in [-0.2, 0) is 13.0 Å². The number of hydrogen-bond acceptors (Lipinski definition) is 3. The van der Waals surface area contributed by atoms with Crippen molar-refractivity contribution >= 4 is 16.6 Å². The fourth-order valence-electron chi connectivity index (χ4n) is 6.00. The van der Waals surface area contributed by atoms with Gasteiger partial charge >= 0.3 is 0 Å². The standard InChI is InChI=1S/C15H18F2N2.C13H16F2N2/c1-10-7-12-11-5-3-4-6-13(11)18-14(12)8-19(10)9-15(2,16)17;14-10-5-11(15)7-12(6-10)17-4-2-13(9-17)1-3-16-8-13/h3-6,10,18H,7-9H2,1-2H3;5-7,16H,1-4,8-9H2. The van der Waals surface area contributed by atoms with Gasteiger partial charge in [-0.3, -0.25) is 4.90 Å². The second-order valence-corrected chi connectivity index (χ2v) is 10.9. The van der Waals surface area contributed by atoms with Gasteiger partial charge < -0.3 is 15.2 Å². The summed E-state index contributed by atoms with van der Waals surface area (Å²) in [7, 11) is 0. The molecule has 2 N–H and O–H groups in total. The van der Waals surface area contributed by atoms with Crippen molar-refractivity contribution in [2.75, 3.05) is 37.6 Å². The van der Waals surface area contributed by atoms with Crippen molar-refractivity contribution in [2.24, 2.45) is 5.41 Å². The van der Waals surface area contributed by atoms with Crippen LogP contribution in [0.2, 0.25) is 0 Å². The van der Waals surface area contributed by atoms with E-state index in [2.05, 4.69) is 21.3 Å². The van der Waals surface area contributed by atoms with Crippen molar-refractivity contribution < 1.29 is 17.6 Å². The zero-order valence-corrected chi connectivity index (χ0v) is 20.9. The number of hydrogen-bond donors (Lipinski definition) is 2. The summed E-state index contributed by atoms with van der Waals surface area (Å²) in [6, 6.07) is 12.1. The quantitative estimate of drug-likeness (QED) is 0.450. The molecule has 0 radical (unpaired) electrons. The maximum absolute atomic E-state index is 13.2. The van der Waals surface area contributed by atoms with E-state index in [0.29, 0.717) is 17.6 Å². The van der Waals surface area contributed by atoms with Crippen LogP contribution in [0, 0.1) is 17.0 Å². The van der Waals surface area contributed by atoms with Gasteiger partial charge in [0.15, 0.2) is 0 Å². The number of nitrogens with zero attached hydrogens (tertiary/aromatic N) is 2. The molecule has 0 saturated carbocycles. The number of benzene rings is 2. The Morgan fingerprint density at radius 3 is 2.53 bits per heavy atom. The Balaban J connectivity index is 0.000000149. The van der Waals surface area contributed by atoms with Crippen LogP contribution >= 0.6 is 0 Å². The van der Waals surface area contributed by atoms with Crippen molar-refractivity contribution in [3.8, 4) is 0 Å². The van der Waals surface area contributed by atoms with Gasteiger partial charge in [-0.05, 0) is 56.5 Å². The number of anilines is 1. The van der Waals surface area contributed by atoms with Crippen LogP contribution in [0.1, 0.15) is 37.9 Å². The molecule has 6 rings (SSSR count). The first-order valence-electron chi connectivity index (χ1n) is 12.7. The number of aromatic nitrogens is 1. The smallest absolute Gasteiger partial charge is 0.257 e. The van der Waals surface area contributed by atoms with Crippen LogP contribution in [0.15, 0.2) is 42.5 Å². The lowest BCUT2D eigenvalue weighted by Gasteiger charge is -2.34. The third-order valence-corrected chi connectivity index (χ3v) is 7.85. The van der Waals surface area contributed by atoms with Crippen molar-refractivity contribution in [1.29, 1.82) is 0 Å². The van der Waals surface area contributed by atoms with E-state index in [4.69, 9.17) is 0 Å². The summed E-state index contributed by atoms with van der Waals surface area (Å²) < 4.78 is 52.8. The van der Waals surface area contributed by atoms with Gasteiger partial charge in [0.2, 0.25) is 0 Å². The zero-order valence-electron chi connectivity index (χ0n) is 20.9. The van der Waals surface area contributed by atoms with Crippen molar-refractivity contribution in [3.05, 3.63) is 65.4 Å². The second kappa shape index (κ2) is 9.71. The van der Waals surface area contributed by atoms with Crippen LogP contribution < -0.4 is 10.2 Å². The van der Waals surface area contributed by atoms with Gasteiger partial charge in [0.25, 0.3) is 5.92 Å². The lowest BCUT2D eigenvalue weighted by Crippen LogP contribution is -2.44. The molecule has 2 unspecified atom stereocenters. The highest BCUT2D eigenvalue weighted by Crippen LogP contribution is 2.38. The molecule has 3 aliphatic heterocycles. The molecule has 3 aromatic rings. The van der Waals surface area contributed by atoms with E-state index in [9.17, 15) is 17.6 Å². The lowest BCUT2D eigenvalue weighted by atomic mass is 9.86. The maximum Gasteiger partial charge on any atom is 0.257 e. The molecule has 36 heavy (non-hydrogen) atoms. The second-order valence-electron chi connectivity index (χ2n) is 10.9.